The molecule has 0 spiro atoms. The summed E-state index contributed by atoms with van der Waals surface area (Å²) in [6.45, 7) is 3.14. The van der Waals surface area contributed by atoms with Crippen molar-refractivity contribution >= 4 is 24.2 Å². The van der Waals surface area contributed by atoms with Crippen molar-refractivity contribution in [1.29, 1.82) is 0 Å². The molecule has 2 aromatic carbocycles. The summed E-state index contributed by atoms with van der Waals surface area (Å²) in [7, 11) is 0. The minimum atomic E-state index is -0.497. The number of nitrogens with one attached hydrogen (secondary N) is 1. The molecule has 1 aliphatic heterocycles. The van der Waals surface area contributed by atoms with Crippen LogP contribution in [0, 0.1) is 0 Å². The molecule has 29 heavy (non-hydrogen) atoms. The zero-order chi connectivity index (χ0) is 19.9. The second kappa shape index (κ2) is 11.0. The van der Waals surface area contributed by atoms with Crippen LogP contribution in [-0.2, 0) is 16.0 Å². The highest BCUT2D eigenvalue weighted by atomic mass is 35.5. The van der Waals surface area contributed by atoms with E-state index in [0.717, 1.165) is 17.5 Å². The highest BCUT2D eigenvalue weighted by Gasteiger charge is 2.36. The molecule has 1 saturated heterocycles. The van der Waals surface area contributed by atoms with Gasteiger partial charge in [0.2, 0.25) is 11.8 Å². The van der Waals surface area contributed by atoms with Crippen LogP contribution in [0.3, 0.4) is 0 Å². The van der Waals surface area contributed by atoms with Crippen LogP contribution in [0.25, 0.3) is 0 Å². The summed E-state index contributed by atoms with van der Waals surface area (Å²) in [5.41, 5.74) is 8.43. The second-order valence-electron chi connectivity index (χ2n) is 7.50. The van der Waals surface area contributed by atoms with Crippen LogP contribution in [0.5, 0.6) is 0 Å². The van der Waals surface area contributed by atoms with E-state index in [9.17, 15) is 9.59 Å². The van der Waals surface area contributed by atoms with Crippen molar-refractivity contribution in [3.8, 4) is 0 Å². The molecule has 0 aromatic heterocycles. The highest BCUT2D eigenvalue weighted by molar-refractivity contribution is 5.88. The lowest BCUT2D eigenvalue weighted by Gasteiger charge is -2.24. The number of rotatable bonds is 7. The van der Waals surface area contributed by atoms with Gasteiger partial charge in [-0.1, -0.05) is 74.0 Å². The Morgan fingerprint density at radius 2 is 1.69 bits per heavy atom. The quantitative estimate of drug-likeness (QED) is 0.730. The van der Waals surface area contributed by atoms with Crippen LogP contribution in [0.4, 0.5) is 0 Å². The molecule has 5 nitrogen and oxygen atoms in total. The molecule has 3 atom stereocenters. The van der Waals surface area contributed by atoms with Gasteiger partial charge >= 0.3 is 0 Å². The number of amides is 2. The van der Waals surface area contributed by atoms with E-state index in [0.29, 0.717) is 19.5 Å². The molecule has 0 aliphatic carbocycles. The first-order valence-electron chi connectivity index (χ1n) is 10.0. The number of hydrogen-bond donors (Lipinski definition) is 2. The third kappa shape index (κ3) is 6.05. The van der Waals surface area contributed by atoms with Gasteiger partial charge in [-0.2, -0.15) is 0 Å². The Morgan fingerprint density at radius 3 is 2.31 bits per heavy atom. The maximum atomic E-state index is 13.1. The van der Waals surface area contributed by atoms with E-state index >= 15 is 0 Å². The molecule has 2 aromatic rings. The molecular weight excluding hydrogens is 386 g/mol. The average Bonchev–Trinajstić information content (AvgIpc) is 3.10. The van der Waals surface area contributed by atoms with Gasteiger partial charge in [0.1, 0.15) is 6.04 Å². The molecule has 1 aliphatic rings. The van der Waals surface area contributed by atoms with E-state index in [1.807, 2.05) is 60.4 Å². The van der Waals surface area contributed by atoms with Crippen LogP contribution >= 0.6 is 12.4 Å². The first-order valence-corrected chi connectivity index (χ1v) is 10.0. The van der Waals surface area contributed by atoms with Crippen molar-refractivity contribution in [2.75, 3.05) is 13.1 Å². The fourth-order valence-electron chi connectivity index (χ4n) is 3.85. The monoisotopic (exact) mass is 415 g/mol. The standard InChI is InChI=1S/C23H29N3O2.ClH/c1-2-9-21(25-22(27)14-17-10-5-3-6-11-17)23(28)26-15-19(20(24)16-26)18-12-7-4-8-13-18;/h3-8,10-13,19-21H,2,9,14-16,24H2,1H3,(H,25,27);1H/t19-,20+,21?;/m0./s1. The first kappa shape index (κ1) is 22.9. The van der Waals surface area contributed by atoms with Crippen LogP contribution in [0.2, 0.25) is 0 Å². The van der Waals surface area contributed by atoms with Crippen molar-refractivity contribution in [2.24, 2.45) is 5.73 Å². The molecule has 1 unspecified atom stereocenters. The van der Waals surface area contributed by atoms with Crippen molar-refractivity contribution < 1.29 is 9.59 Å². The third-order valence-corrected chi connectivity index (χ3v) is 5.32. The minimum Gasteiger partial charge on any atom is -0.344 e. The maximum absolute atomic E-state index is 13.1. The Bertz CT molecular complexity index is 785. The number of nitrogens with zero attached hydrogens (tertiary/aromatic N) is 1. The predicted molar refractivity (Wildman–Crippen MR) is 118 cm³/mol. The van der Waals surface area contributed by atoms with Gasteiger partial charge in [-0.15, -0.1) is 12.4 Å². The number of hydrogen-bond acceptors (Lipinski definition) is 3. The Morgan fingerprint density at radius 1 is 1.07 bits per heavy atom. The number of likely N-dealkylation sites (tertiary alicyclic amines) is 1. The summed E-state index contributed by atoms with van der Waals surface area (Å²) in [5, 5.41) is 2.94. The normalized spacial score (nSPS) is 19.3. The van der Waals surface area contributed by atoms with E-state index in [-0.39, 0.29) is 42.6 Å². The summed E-state index contributed by atoms with van der Waals surface area (Å²) < 4.78 is 0. The molecule has 0 saturated carbocycles. The highest BCUT2D eigenvalue weighted by Crippen LogP contribution is 2.27. The van der Waals surface area contributed by atoms with Gasteiger partial charge in [0.05, 0.1) is 6.42 Å². The molecule has 3 N–H and O–H groups in total. The van der Waals surface area contributed by atoms with Crippen LogP contribution in [-0.4, -0.2) is 41.9 Å². The summed E-state index contributed by atoms with van der Waals surface area (Å²) >= 11 is 0. The van der Waals surface area contributed by atoms with Crippen molar-refractivity contribution in [3.05, 3.63) is 71.8 Å². The number of nitrogens with two attached hydrogens (primary N) is 1. The zero-order valence-electron chi connectivity index (χ0n) is 16.8. The largest absolute Gasteiger partial charge is 0.344 e. The number of benzene rings is 2. The van der Waals surface area contributed by atoms with Gasteiger partial charge in [0.25, 0.3) is 0 Å². The van der Waals surface area contributed by atoms with E-state index in [2.05, 4.69) is 17.4 Å². The fourth-order valence-corrected chi connectivity index (χ4v) is 3.85. The number of carbonyl (C=O) groups excluding carboxylic acids is 2. The number of halogens is 1. The molecule has 6 heteroatoms. The molecule has 156 valence electrons. The van der Waals surface area contributed by atoms with Crippen molar-refractivity contribution in [2.45, 2.75) is 44.2 Å². The van der Waals surface area contributed by atoms with Gasteiger partial charge in [0.15, 0.2) is 0 Å². The van der Waals surface area contributed by atoms with Crippen molar-refractivity contribution in [3.63, 3.8) is 0 Å². The summed E-state index contributed by atoms with van der Waals surface area (Å²) in [6.07, 6.45) is 1.73. The van der Waals surface area contributed by atoms with E-state index in [1.54, 1.807) is 0 Å². The molecule has 0 radical (unpaired) electrons. The Kier molecular flexibility index (Phi) is 8.68. The zero-order valence-corrected chi connectivity index (χ0v) is 17.6. The first-order chi connectivity index (χ1) is 13.6. The van der Waals surface area contributed by atoms with Crippen LogP contribution in [0.15, 0.2) is 60.7 Å². The van der Waals surface area contributed by atoms with Gasteiger partial charge < -0.3 is 16.0 Å². The van der Waals surface area contributed by atoms with Gasteiger partial charge in [-0.25, -0.2) is 0 Å². The second-order valence-corrected chi connectivity index (χ2v) is 7.50. The fraction of sp³-hybridized carbons (Fsp3) is 0.391. The maximum Gasteiger partial charge on any atom is 0.245 e. The lowest BCUT2D eigenvalue weighted by atomic mass is 9.95. The van der Waals surface area contributed by atoms with Gasteiger partial charge in [0, 0.05) is 25.0 Å². The predicted octanol–water partition coefficient (Wildman–Crippen LogP) is 2.89. The summed E-state index contributed by atoms with van der Waals surface area (Å²) in [6, 6.07) is 19.1. The van der Waals surface area contributed by atoms with E-state index in [1.165, 1.54) is 0 Å². The molecule has 1 heterocycles. The molecule has 1 fully saturated rings. The molecular formula is C23H30ClN3O2. The SMILES string of the molecule is CCCC(NC(=O)Cc1ccccc1)C(=O)N1C[C@@H](N)[C@H](c2ccccc2)C1.Cl. The Balaban J connectivity index is 0.00000300. The van der Waals surface area contributed by atoms with Gasteiger partial charge in [-0.3, -0.25) is 9.59 Å². The smallest absolute Gasteiger partial charge is 0.245 e. The van der Waals surface area contributed by atoms with E-state index in [4.69, 9.17) is 5.73 Å². The molecule has 0 bridgehead atoms. The minimum absolute atomic E-state index is 0. The average molecular weight is 416 g/mol. The number of carbonyl (C=O) groups is 2. The van der Waals surface area contributed by atoms with Crippen molar-refractivity contribution in [1.82, 2.24) is 10.2 Å². The lowest BCUT2D eigenvalue weighted by molar-refractivity contribution is -0.135. The van der Waals surface area contributed by atoms with Crippen LogP contribution < -0.4 is 11.1 Å². The lowest BCUT2D eigenvalue weighted by Crippen LogP contribution is -2.48. The van der Waals surface area contributed by atoms with Crippen LogP contribution in [0.1, 0.15) is 36.8 Å². The molecule has 3 rings (SSSR count). The van der Waals surface area contributed by atoms with E-state index < -0.39 is 6.04 Å². The third-order valence-electron chi connectivity index (χ3n) is 5.32. The molecule has 2 amide bonds. The summed E-state index contributed by atoms with van der Waals surface area (Å²) in [5.74, 6) is -0.0225. The summed E-state index contributed by atoms with van der Waals surface area (Å²) in [4.78, 5) is 27.4. The topological polar surface area (TPSA) is 75.4 Å². The Hall–Kier alpha value is -2.37. The Labute approximate surface area is 179 Å². The van der Waals surface area contributed by atoms with Gasteiger partial charge in [-0.05, 0) is 17.5 Å².